The van der Waals surface area contributed by atoms with Crippen molar-refractivity contribution in [2.24, 2.45) is 0 Å². The van der Waals surface area contributed by atoms with E-state index in [1.54, 1.807) is 11.3 Å². The molecule has 0 fully saturated rings. The summed E-state index contributed by atoms with van der Waals surface area (Å²) in [5.41, 5.74) is 4.36. The van der Waals surface area contributed by atoms with Crippen molar-refractivity contribution in [3.8, 4) is 0 Å². The quantitative estimate of drug-likeness (QED) is 0.669. The third-order valence-electron chi connectivity index (χ3n) is 3.18. The van der Waals surface area contributed by atoms with Gasteiger partial charge in [-0.1, -0.05) is 40.2 Å². The van der Waals surface area contributed by atoms with Crippen LogP contribution < -0.4 is 0 Å². The van der Waals surface area contributed by atoms with Crippen LogP contribution in [0.3, 0.4) is 0 Å². The Morgan fingerprint density at radius 3 is 2.71 bits per heavy atom. The number of halogens is 1. The van der Waals surface area contributed by atoms with E-state index in [2.05, 4.69) is 63.9 Å². The summed E-state index contributed by atoms with van der Waals surface area (Å²) in [4.78, 5) is 0. The summed E-state index contributed by atoms with van der Waals surface area (Å²) < 4.78 is 0. The van der Waals surface area contributed by atoms with Gasteiger partial charge in [0.05, 0.1) is 0 Å². The van der Waals surface area contributed by atoms with Crippen molar-refractivity contribution in [2.75, 3.05) is 5.33 Å². The summed E-state index contributed by atoms with van der Waals surface area (Å²) in [5.74, 6) is 0.621. The topological polar surface area (TPSA) is 0 Å². The van der Waals surface area contributed by atoms with E-state index in [1.807, 2.05) is 0 Å². The molecule has 1 unspecified atom stereocenters. The average molecular weight is 309 g/mol. The highest BCUT2D eigenvalue weighted by Gasteiger charge is 2.12. The zero-order chi connectivity index (χ0) is 12.1. The second kappa shape index (κ2) is 6.36. The molecule has 2 heteroatoms. The fraction of sp³-hybridized carbons (Fsp3) is 0.333. The van der Waals surface area contributed by atoms with Crippen LogP contribution >= 0.6 is 27.3 Å². The molecule has 0 nitrogen and oxygen atoms in total. The standard InChI is InChI=1S/C15H17BrS/c1-12-4-2-3-5-15(12)14(10-16)7-6-13-8-9-17-11-13/h2-5,8-9,11,14H,6-7,10H2,1H3. The molecule has 0 spiro atoms. The molecule has 2 aromatic rings. The van der Waals surface area contributed by atoms with Crippen LogP contribution in [-0.2, 0) is 6.42 Å². The number of hydrogen-bond donors (Lipinski definition) is 0. The van der Waals surface area contributed by atoms with E-state index in [9.17, 15) is 0 Å². The van der Waals surface area contributed by atoms with Gasteiger partial charge in [0.25, 0.3) is 0 Å². The molecule has 1 aromatic carbocycles. The fourth-order valence-electron chi connectivity index (χ4n) is 2.14. The van der Waals surface area contributed by atoms with Crippen molar-refractivity contribution >= 4 is 27.3 Å². The lowest BCUT2D eigenvalue weighted by Gasteiger charge is -2.16. The Labute approximate surface area is 116 Å². The molecule has 0 radical (unpaired) electrons. The van der Waals surface area contributed by atoms with Gasteiger partial charge in [-0.05, 0) is 59.2 Å². The Balaban J connectivity index is 2.04. The van der Waals surface area contributed by atoms with Crippen molar-refractivity contribution in [3.05, 3.63) is 57.8 Å². The fourth-order valence-corrected chi connectivity index (χ4v) is 3.51. The van der Waals surface area contributed by atoms with Crippen LogP contribution in [-0.4, -0.2) is 5.33 Å². The van der Waals surface area contributed by atoms with Crippen LogP contribution in [0.25, 0.3) is 0 Å². The van der Waals surface area contributed by atoms with Crippen LogP contribution in [0.2, 0.25) is 0 Å². The highest BCUT2D eigenvalue weighted by Crippen LogP contribution is 2.26. The number of rotatable bonds is 5. The number of benzene rings is 1. The van der Waals surface area contributed by atoms with Gasteiger partial charge in [0, 0.05) is 5.33 Å². The summed E-state index contributed by atoms with van der Waals surface area (Å²) in [7, 11) is 0. The lowest BCUT2D eigenvalue weighted by molar-refractivity contribution is 0.689. The van der Waals surface area contributed by atoms with Crippen LogP contribution in [0.5, 0.6) is 0 Å². The summed E-state index contributed by atoms with van der Waals surface area (Å²) in [6.07, 6.45) is 2.39. The molecule has 0 aliphatic carbocycles. The van der Waals surface area contributed by atoms with Gasteiger partial charge < -0.3 is 0 Å². The zero-order valence-electron chi connectivity index (χ0n) is 10.0. The van der Waals surface area contributed by atoms with Gasteiger partial charge in [-0.15, -0.1) is 0 Å². The normalized spacial score (nSPS) is 12.6. The lowest BCUT2D eigenvalue weighted by Crippen LogP contribution is -2.04. The molecule has 1 aromatic heterocycles. The molecule has 0 bridgehead atoms. The summed E-state index contributed by atoms with van der Waals surface area (Å²) >= 11 is 5.44. The van der Waals surface area contributed by atoms with Crippen molar-refractivity contribution in [1.82, 2.24) is 0 Å². The van der Waals surface area contributed by atoms with Gasteiger partial charge in [-0.25, -0.2) is 0 Å². The molecule has 0 N–H and O–H groups in total. The van der Waals surface area contributed by atoms with Gasteiger partial charge >= 0.3 is 0 Å². The molecule has 0 aliphatic heterocycles. The molecule has 1 heterocycles. The molecule has 0 saturated heterocycles. The third-order valence-corrected chi connectivity index (χ3v) is 4.69. The maximum absolute atomic E-state index is 3.65. The monoisotopic (exact) mass is 308 g/mol. The highest BCUT2D eigenvalue weighted by molar-refractivity contribution is 9.09. The van der Waals surface area contributed by atoms with Gasteiger partial charge in [0.15, 0.2) is 0 Å². The maximum Gasteiger partial charge on any atom is 0.0100 e. The Hall–Kier alpha value is -0.600. The van der Waals surface area contributed by atoms with Crippen LogP contribution in [0, 0.1) is 6.92 Å². The molecular formula is C15H17BrS. The Kier molecular flexibility index (Phi) is 4.81. The summed E-state index contributed by atoms with van der Waals surface area (Å²) in [6.45, 7) is 2.20. The van der Waals surface area contributed by atoms with E-state index in [-0.39, 0.29) is 0 Å². The number of alkyl halides is 1. The minimum absolute atomic E-state index is 0.621. The van der Waals surface area contributed by atoms with Crippen molar-refractivity contribution < 1.29 is 0 Å². The first-order valence-corrected chi connectivity index (χ1v) is 8.00. The first-order valence-electron chi connectivity index (χ1n) is 5.94. The van der Waals surface area contributed by atoms with E-state index >= 15 is 0 Å². The smallest absolute Gasteiger partial charge is 0.0100 e. The molecule has 90 valence electrons. The van der Waals surface area contributed by atoms with E-state index in [4.69, 9.17) is 0 Å². The van der Waals surface area contributed by atoms with Gasteiger partial charge in [-0.3, -0.25) is 0 Å². The first kappa shape index (κ1) is 12.8. The predicted molar refractivity (Wildman–Crippen MR) is 80.4 cm³/mol. The van der Waals surface area contributed by atoms with Gasteiger partial charge in [-0.2, -0.15) is 11.3 Å². The van der Waals surface area contributed by atoms with E-state index in [1.165, 1.54) is 29.5 Å². The Bertz CT molecular complexity index is 448. The second-order valence-electron chi connectivity index (χ2n) is 4.38. The molecular weight excluding hydrogens is 292 g/mol. The molecule has 1 atom stereocenters. The minimum Gasteiger partial charge on any atom is -0.152 e. The zero-order valence-corrected chi connectivity index (χ0v) is 12.4. The average Bonchev–Trinajstić information content (AvgIpc) is 2.85. The van der Waals surface area contributed by atoms with Crippen molar-refractivity contribution in [1.29, 1.82) is 0 Å². The third kappa shape index (κ3) is 3.43. The lowest BCUT2D eigenvalue weighted by atomic mass is 9.91. The molecule has 2 rings (SSSR count). The van der Waals surface area contributed by atoms with E-state index < -0.39 is 0 Å². The Morgan fingerprint density at radius 2 is 2.06 bits per heavy atom. The molecule has 0 aliphatic rings. The van der Waals surface area contributed by atoms with Gasteiger partial charge in [0.2, 0.25) is 0 Å². The van der Waals surface area contributed by atoms with E-state index in [0.29, 0.717) is 5.92 Å². The number of aryl methyl sites for hydroxylation is 2. The molecule has 0 amide bonds. The van der Waals surface area contributed by atoms with Crippen LogP contribution in [0.4, 0.5) is 0 Å². The number of thiophene rings is 1. The summed E-state index contributed by atoms with van der Waals surface area (Å²) in [6, 6.07) is 10.9. The number of hydrogen-bond acceptors (Lipinski definition) is 1. The van der Waals surface area contributed by atoms with Crippen LogP contribution in [0.15, 0.2) is 41.1 Å². The minimum atomic E-state index is 0.621. The van der Waals surface area contributed by atoms with Crippen molar-refractivity contribution in [3.63, 3.8) is 0 Å². The van der Waals surface area contributed by atoms with Crippen molar-refractivity contribution in [2.45, 2.75) is 25.7 Å². The summed E-state index contributed by atoms with van der Waals surface area (Å²) in [5, 5.41) is 5.46. The molecule has 17 heavy (non-hydrogen) atoms. The first-order chi connectivity index (χ1) is 8.31. The SMILES string of the molecule is Cc1ccccc1C(CBr)CCc1ccsc1. The Morgan fingerprint density at radius 1 is 1.24 bits per heavy atom. The predicted octanol–water partition coefficient (Wildman–Crippen LogP) is 5.17. The highest BCUT2D eigenvalue weighted by atomic mass is 79.9. The molecule has 0 saturated carbocycles. The largest absolute Gasteiger partial charge is 0.152 e. The maximum atomic E-state index is 3.65. The van der Waals surface area contributed by atoms with Crippen LogP contribution in [0.1, 0.15) is 29.0 Å². The second-order valence-corrected chi connectivity index (χ2v) is 5.81. The van der Waals surface area contributed by atoms with Gasteiger partial charge in [0.1, 0.15) is 0 Å². The van der Waals surface area contributed by atoms with E-state index in [0.717, 1.165) is 5.33 Å².